The Morgan fingerprint density at radius 2 is 1.42 bits per heavy atom. The van der Waals surface area contributed by atoms with E-state index >= 15 is 0 Å². The van der Waals surface area contributed by atoms with Gasteiger partial charge in [0, 0.05) is 0 Å². The molecule has 0 unspecified atom stereocenters. The van der Waals surface area contributed by atoms with Crippen LogP contribution in [0.3, 0.4) is 0 Å². The van der Waals surface area contributed by atoms with E-state index in [2.05, 4.69) is 32.9 Å². The van der Waals surface area contributed by atoms with E-state index in [-0.39, 0.29) is 40.9 Å². The van der Waals surface area contributed by atoms with Crippen LogP contribution >= 0.6 is 0 Å². The summed E-state index contributed by atoms with van der Waals surface area (Å²) >= 11 is 0. The van der Waals surface area contributed by atoms with Crippen LogP contribution in [0.15, 0.2) is 60.7 Å². The quantitative estimate of drug-likeness (QED) is 0.320. The summed E-state index contributed by atoms with van der Waals surface area (Å²) in [6, 6.07) is 14.0. The number of rotatable bonds is 3. The second-order valence-corrected chi connectivity index (χ2v) is 9.72. The van der Waals surface area contributed by atoms with Gasteiger partial charge in [0.1, 0.15) is 5.75 Å². The average molecular weight is 415 g/mol. The van der Waals surface area contributed by atoms with Gasteiger partial charge in [0.15, 0.2) is 0 Å². The average Bonchev–Trinajstić information content (AvgIpc) is 3.42. The lowest BCUT2D eigenvalue weighted by molar-refractivity contribution is -0.123. The van der Waals surface area contributed by atoms with Crippen LogP contribution in [0, 0.1) is 23.7 Å². The number of carbonyl (C=O) groups excluding carboxylic acids is 3. The Balaban J connectivity index is 1.30. The smallest absolute Gasteiger partial charge is 0.343 e. The zero-order valence-electron chi connectivity index (χ0n) is 17.9. The first-order chi connectivity index (χ1) is 14.7. The Labute approximate surface area is 181 Å². The lowest BCUT2D eigenvalue weighted by Gasteiger charge is -2.19. The second-order valence-electron chi connectivity index (χ2n) is 9.72. The molecule has 1 saturated carbocycles. The summed E-state index contributed by atoms with van der Waals surface area (Å²) in [5.41, 5.74) is 2.06. The molecule has 1 heterocycles. The molecule has 0 aromatic heterocycles. The SMILES string of the molecule is CC(C)(C)c1ccc(OC(=O)c2ccc(N3C(=O)[C@@H]4[C@@H](C3=O)[C@H]3C=C[C@@H]4C3)cc2)cc1. The molecular formula is C26H25NO4. The van der Waals surface area contributed by atoms with E-state index in [0.717, 1.165) is 12.0 Å². The van der Waals surface area contributed by atoms with Crippen molar-refractivity contribution in [2.45, 2.75) is 32.6 Å². The molecule has 1 saturated heterocycles. The highest BCUT2D eigenvalue weighted by Crippen LogP contribution is 2.53. The van der Waals surface area contributed by atoms with E-state index in [1.54, 1.807) is 36.4 Å². The summed E-state index contributed by atoms with van der Waals surface area (Å²) in [5.74, 6) is -0.365. The molecule has 0 N–H and O–H groups in total. The first-order valence-electron chi connectivity index (χ1n) is 10.7. The number of imide groups is 1. The van der Waals surface area contributed by atoms with Crippen LogP contribution < -0.4 is 9.64 Å². The first kappa shape index (κ1) is 19.7. The fourth-order valence-corrected chi connectivity index (χ4v) is 5.09. The van der Waals surface area contributed by atoms with Crippen LogP contribution in [-0.2, 0) is 15.0 Å². The van der Waals surface area contributed by atoms with Crippen molar-refractivity contribution in [2.75, 3.05) is 4.90 Å². The fourth-order valence-electron chi connectivity index (χ4n) is 5.09. The maximum absolute atomic E-state index is 12.9. The fraction of sp³-hybridized carbons (Fsp3) is 0.346. The van der Waals surface area contributed by atoms with Gasteiger partial charge in [-0.05, 0) is 65.6 Å². The third-order valence-corrected chi connectivity index (χ3v) is 6.76. The zero-order chi connectivity index (χ0) is 21.9. The third kappa shape index (κ3) is 3.19. The van der Waals surface area contributed by atoms with E-state index in [1.165, 1.54) is 4.90 Å². The predicted octanol–water partition coefficient (Wildman–Crippen LogP) is 4.51. The van der Waals surface area contributed by atoms with Crippen LogP contribution in [0.25, 0.3) is 0 Å². The van der Waals surface area contributed by atoms with Crippen LogP contribution in [0.1, 0.15) is 43.1 Å². The number of allylic oxidation sites excluding steroid dienone is 2. The highest BCUT2D eigenvalue weighted by Gasteiger charge is 2.59. The summed E-state index contributed by atoms with van der Waals surface area (Å²) in [7, 11) is 0. The molecule has 2 fully saturated rings. The van der Waals surface area contributed by atoms with Gasteiger partial charge in [-0.3, -0.25) is 14.5 Å². The number of carbonyl (C=O) groups is 3. The van der Waals surface area contributed by atoms with E-state index in [1.807, 2.05) is 12.1 Å². The summed E-state index contributed by atoms with van der Waals surface area (Å²) in [6.07, 6.45) is 5.06. The van der Waals surface area contributed by atoms with Crippen LogP contribution in [0.4, 0.5) is 5.69 Å². The van der Waals surface area contributed by atoms with Crippen molar-refractivity contribution in [3.63, 3.8) is 0 Å². The van der Waals surface area contributed by atoms with Gasteiger partial charge in [-0.2, -0.15) is 0 Å². The number of anilines is 1. The minimum Gasteiger partial charge on any atom is -0.423 e. The number of hydrogen-bond donors (Lipinski definition) is 0. The van der Waals surface area contributed by atoms with Crippen molar-refractivity contribution in [3.05, 3.63) is 71.8 Å². The van der Waals surface area contributed by atoms with Gasteiger partial charge in [-0.1, -0.05) is 45.1 Å². The Morgan fingerprint density at radius 3 is 1.94 bits per heavy atom. The Kier molecular flexibility index (Phi) is 4.40. The maximum Gasteiger partial charge on any atom is 0.343 e. The first-order valence-corrected chi connectivity index (χ1v) is 10.7. The van der Waals surface area contributed by atoms with Gasteiger partial charge in [0.2, 0.25) is 11.8 Å². The number of esters is 1. The van der Waals surface area contributed by atoms with Gasteiger partial charge in [0.05, 0.1) is 23.1 Å². The third-order valence-electron chi connectivity index (χ3n) is 6.76. The second kappa shape index (κ2) is 6.91. The molecule has 2 amide bonds. The molecular weight excluding hydrogens is 390 g/mol. The highest BCUT2D eigenvalue weighted by atomic mass is 16.5. The normalized spacial score (nSPS) is 26.5. The van der Waals surface area contributed by atoms with Gasteiger partial charge in [-0.25, -0.2) is 4.79 Å². The summed E-state index contributed by atoms with van der Waals surface area (Å²) in [6.45, 7) is 6.37. The van der Waals surface area contributed by atoms with Crippen molar-refractivity contribution in [1.29, 1.82) is 0 Å². The Morgan fingerprint density at radius 1 is 0.871 bits per heavy atom. The number of hydrogen-bond acceptors (Lipinski definition) is 4. The van der Waals surface area contributed by atoms with Gasteiger partial charge in [-0.15, -0.1) is 0 Å². The number of amides is 2. The van der Waals surface area contributed by atoms with Crippen LogP contribution in [0.2, 0.25) is 0 Å². The van der Waals surface area contributed by atoms with Gasteiger partial charge in [0.25, 0.3) is 0 Å². The van der Waals surface area contributed by atoms with E-state index in [0.29, 0.717) is 17.0 Å². The van der Waals surface area contributed by atoms with Crippen molar-refractivity contribution in [3.8, 4) is 5.75 Å². The number of nitrogens with zero attached hydrogens (tertiary/aromatic N) is 1. The molecule has 2 aromatic carbocycles. The van der Waals surface area contributed by atoms with Crippen LogP contribution in [-0.4, -0.2) is 17.8 Å². The lowest BCUT2D eigenvalue weighted by atomic mass is 9.85. The molecule has 2 bridgehead atoms. The monoisotopic (exact) mass is 415 g/mol. The largest absolute Gasteiger partial charge is 0.423 e. The maximum atomic E-state index is 12.9. The molecule has 5 rings (SSSR count). The number of fused-ring (bicyclic) bond motifs is 5. The predicted molar refractivity (Wildman–Crippen MR) is 117 cm³/mol. The van der Waals surface area contributed by atoms with Crippen LogP contribution in [0.5, 0.6) is 5.75 Å². The van der Waals surface area contributed by atoms with E-state index in [9.17, 15) is 14.4 Å². The molecule has 4 atom stereocenters. The molecule has 158 valence electrons. The van der Waals surface area contributed by atoms with Crippen molar-refractivity contribution < 1.29 is 19.1 Å². The lowest BCUT2D eigenvalue weighted by Crippen LogP contribution is -2.32. The van der Waals surface area contributed by atoms with Gasteiger partial charge >= 0.3 is 5.97 Å². The molecule has 31 heavy (non-hydrogen) atoms. The minimum atomic E-state index is -0.478. The summed E-state index contributed by atoms with van der Waals surface area (Å²) in [4.78, 5) is 39.7. The van der Waals surface area contributed by atoms with E-state index in [4.69, 9.17) is 4.74 Å². The van der Waals surface area contributed by atoms with Crippen molar-refractivity contribution in [2.24, 2.45) is 23.7 Å². The molecule has 5 nitrogen and oxygen atoms in total. The summed E-state index contributed by atoms with van der Waals surface area (Å²) in [5, 5.41) is 0. The van der Waals surface area contributed by atoms with E-state index < -0.39 is 5.97 Å². The Hall–Kier alpha value is -3.21. The number of ether oxygens (including phenoxy) is 1. The molecule has 1 aliphatic heterocycles. The topological polar surface area (TPSA) is 63.7 Å². The standard InChI is InChI=1S/C26H25NO4/c1-26(2,3)18-8-12-20(13-9-18)31-25(30)15-6-10-19(11-7-15)27-23(28)21-16-4-5-17(14-16)22(21)24(27)29/h4-13,16-17,21-22H,14H2,1-3H3/t16-,17+,21-,22-/m0/s1. The molecule has 2 aliphatic carbocycles. The molecule has 0 radical (unpaired) electrons. The molecule has 5 heteroatoms. The molecule has 0 spiro atoms. The van der Waals surface area contributed by atoms with Gasteiger partial charge < -0.3 is 4.74 Å². The van der Waals surface area contributed by atoms with Crippen molar-refractivity contribution >= 4 is 23.5 Å². The molecule has 3 aliphatic rings. The molecule has 2 aromatic rings. The highest BCUT2D eigenvalue weighted by molar-refractivity contribution is 6.22. The summed E-state index contributed by atoms with van der Waals surface area (Å²) < 4.78 is 5.48. The number of benzene rings is 2. The van der Waals surface area contributed by atoms with Crippen molar-refractivity contribution in [1.82, 2.24) is 0 Å². The Bertz CT molecular complexity index is 1060. The minimum absolute atomic E-state index is 0.0247. The zero-order valence-corrected chi connectivity index (χ0v) is 17.9.